The van der Waals surface area contributed by atoms with E-state index < -0.39 is 11.5 Å². The fourth-order valence-corrected chi connectivity index (χ4v) is 1.63. The van der Waals surface area contributed by atoms with Gasteiger partial charge >= 0.3 is 5.97 Å². The SMILES string of the molecule is CCC(CO)(CO)NCc1cc(C)c(C(=O)O)o1. The molecule has 102 valence electrons. The van der Waals surface area contributed by atoms with Crippen LogP contribution in [0.2, 0.25) is 0 Å². The Kier molecular flexibility index (Phi) is 4.89. The smallest absolute Gasteiger partial charge is 0.372 e. The molecule has 0 aliphatic heterocycles. The van der Waals surface area contributed by atoms with Crippen molar-refractivity contribution in [3.05, 3.63) is 23.2 Å². The summed E-state index contributed by atoms with van der Waals surface area (Å²) in [4.78, 5) is 10.8. The highest BCUT2D eigenvalue weighted by atomic mass is 16.4. The first kappa shape index (κ1) is 14.7. The monoisotopic (exact) mass is 257 g/mol. The summed E-state index contributed by atoms with van der Waals surface area (Å²) >= 11 is 0. The molecule has 0 unspecified atom stereocenters. The van der Waals surface area contributed by atoms with E-state index in [-0.39, 0.29) is 25.5 Å². The third kappa shape index (κ3) is 3.10. The molecule has 0 bridgehead atoms. The van der Waals surface area contributed by atoms with Gasteiger partial charge in [0.2, 0.25) is 5.76 Å². The van der Waals surface area contributed by atoms with E-state index in [9.17, 15) is 15.0 Å². The first-order valence-corrected chi connectivity index (χ1v) is 5.77. The first-order valence-electron chi connectivity index (χ1n) is 5.77. The van der Waals surface area contributed by atoms with Gasteiger partial charge in [-0.2, -0.15) is 0 Å². The Balaban J connectivity index is 2.74. The Bertz CT molecular complexity index is 400. The van der Waals surface area contributed by atoms with Gasteiger partial charge in [0.15, 0.2) is 0 Å². The Hall–Kier alpha value is -1.37. The molecule has 0 saturated heterocycles. The largest absolute Gasteiger partial charge is 0.475 e. The average molecular weight is 257 g/mol. The average Bonchev–Trinajstić information content (AvgIpc) is 2.73. The van der Waals surface area contributed by atoms with E-state index in [0.29, 0.717) is 17.7 Å². The summed E-state index contributed by atoms with van der Waals surface area (Å²) in [5.41, 5.74) is -0.223. The number of carboxylic acid groups (broad SMARTS) is 1. The van der Waals surface area contributed by atoms with Crippen LogP contribution >= 0.6 is 0 Å². The zero-order chi connectivity index (χ0) is 13.8. The van der Waals surface area contributed by atoms with E-state index in [1.807, 2.05) is 6.92 Å². The molecule has 0 spiro atoms. The molecule has 0 radical (unpaired) electrons. The van der Waals surface area contributed by atoms with E-state index in [1.54, 1.807) is 13.0 Å². The highest BCUT2D eigenvalue weighted by Crippen LogP contribution is 2.16. The van der Waals surface area contributed by atoms with Crippen LogP contribution in [-0.2, 0) is 6.54 Å². The van der Waals surface area contributed by atoms with Gasteiger partial charge in [0.05, 0.1) is 25.3 Å². The minimum absolute atomic E-state index is 0.0816. The number of furan rings is 1. The van der Waals surface area contributed by atoms with Crippen LogP contribution in [0.4, 0.5) is 0 Å². The van der Waals surface area contributed by atoms with Gasteiger partial charge in [0.25, 0.3) is 0 Å². The topological polar surface area (TPSA) is 103 Å². The number of rotatable bonds is 7. The summed E-state index contributed by atoms with van der Waals surface area (Å²) in [6.45, 7) is 3.34. The molecule has 1 aromatic rings. The van der Waals surface area contributed by atoms with Crippen molar-refractivity contribution in [3.8, 4) is 0 Å². The standard InChI is InChI=1S/C12H19NO5/c1-3-12(6-14,7-15)13-5-9-4-8(2)10(18-9)11(16)17/h4,13-15H,3,5-7H2,1-2H3,(H,16,17). The predicted octanol–water partition coefficient (Wildman–Crippen LogP) is 0.509. The van der Waals surface area contributed by atoms with E-state index in [0.717, 1.165) is 0 Å². The van der Waals surface area contributed by atoms with Crippen molar-refractivity contribution in [1.29, 1.82) is 0 Å². The van der Waals surface area contributed by atoms with Gasteiger partial charge in [-0.25, -0.2) is 4.79 Å². The minimum atomic E-state index is -1.11. The second-order valence-electron chi connectivity index (χ2n) is 4.33. The number of aryl methyl sites for hydroxylation is 1. The van der Waals surface area contributed by atoms with Crippen LogP contribution in [0.3, 0.4) is 0 Å². The third-order valence-corrected chi connectivity index (χ3v) is 3.08. The maximum atomic E-state index is 10.8. The van der Waals surface area contributed by atoms with Crippen LogP contribution in [0.1, 0.15) is 35.2 Å². The van der Waals surface area contributed by atoms with Crippen molar-refractivity contribution in [2.45, 2.75) is 32.4 Å². The van der Waals surface area contributed by atoms with Gasteiger partial charge in [-0.3, -0.25) is 0 Å². The molecule has 0 amide bonds. The summed E-state index contributed by atoms with van der Waals surface area (Å²) in [6, 6.07) is 1.63. The number of aromatic carboxylic acids is 1. The number of carbonyl (C=O) groups is 1. The highest BCUT2D eigenvalue weighted by Gasteiger charge is 2.26. The molecule has 1 rings (SSSR count). The molecular weight excluding hydrogens is 238 g/mol. The van der Waals surface area contributed by atoms with Crippen LogP contribution in [0.5, 0.6) is 0 Å². The molecule has 1 heterocycles. The Labute approximate surface area is 105 Å². The Morgan fingerprint density at radius 1 is 1.44 bits per heavy atom. The number of nitrogens with one attached hydrogen (secondary N) is 1. The van der Waals surface area contributed by atoms with Crippen LogP contribution < -0.4 is 5.32 Å². The van der Waals surface area contributed by atoms with Crippen LogP contribution in [0.15, 0.2) is 10.5 Å². The van der Waals surface area contributed by atoms with Crippen molar-refractivity contribution in [3.63, 3.8) is 0 Å². The number of aliphatic hydroxyl groups is 2. The van der Waals surface area contributed by atoms with E-state index in [4.69, 9.17) is 9.52 Å². The van der Waals surface area contributed by atoms with Crippen LogP contribution in [0.25, 0.3) is 0 Å². The first-order chi connectivity index (χ1) is 8.48. The van der Waals surface area contributed by atoms with E-state index in [1.165, 1.54) is 0 Å². The molecule has 18 heavy (non-hydrogen) atoms. The normalized spacial score (nSPS) is 11.8. The lowest BCUT2D eigenvalue weighted by Crippen LogP contribution is -2.50. The van der Waals surface area contributed by atoms with Crippen molar-refractivity contribution in [2.75, 3.05) is 13.2 Å². The molecule has 4 N–H and O–H groups in total. The van der Waals surface area contributed by atoms with Crippen LogP contribution in [0, 0.1) is 6.92 Å². The lowest BCUT2D eigenvalue weighted by Gasteiger charge is -2.29. The summed E-state index contributed by atoms with van der Waals surface area (Å²) in [5.74, 6) is -0.726. The molecule has 0 saturated carbocycles. The molecular formula is C12H19NO5. The van der Waals surface area contributed by atoms with E-state index in [2.05, 4.69) is 5.32 Å². The Morgan fingerprint density at radius 3 is 2.44 bits per heavy atom. The summed E-state index contributed by atoms with van der Waals surface area (Å²) in [5, 5.41) is 30.4. The molecule has 0 fully saturated rings. The Morgan fingerprint density at radius 2 is 2.06 bits per heavy atom. The molecule has 6 heteroatoms. The number of hydrogen-bond donors (Lipinski definition) is 4. The number of carboxylic acids is 1. The van der Waals surface area contributed by atoms with Gasteiger partial charge in [-0.15, -0.1) is 0 Å². The summed E-state index contributed by atoms with van der Waals surface area (Å²) < 4.78 is 5.18. The zero-order valence-corrected chi connectivity index (χ0v) is 10.6. The fraction of sp³-hybridized carbons (Fsp3) is 0.583. The molecule has 6 nitrogen and oxygen atoms in total. The summed E-state index contributed by atoms with van der Waals surface area (Å²) in [7, 11) is 0. The number of hydrogen-bond acceptors (Lipinski definition) is 5. The second kappa shape index (κ2) is 5.99. The quantitative estimate of drug-likeness (QED) is 0.567. The molecule has 0 aliphatic rings. The molecule has 1 aromatic heterocycles. The third-order valence-electron chi connectivity index (χ3n) is 3.08. The fourth-order valence-electron chi connectivity index (χ4n) is 1.63. The van der Waals surface area contributed by atoms with Gasteiger partial charge in [0, 0.05) is 5.56 Å². The second-order valence-corrected chi connectivity index (χ2v) is 4.33. The maximum absolute atomic E-state index is 10.8. The lowest BCUT2D eigenvalue weighted by molar-refractivity contribution is 0.0654. The van der Waals surface area contributed by atoms with E-state index >= 15 is 0 Å². The van der Waals surface area contributed by atoms with Gasteiger partial charge in [-0.1, -0.05) is 6.92 Å². The zero-order valence-electron chi connectivity index (χ0n) is 10.6. The summed E-state index contributed by atoms with van der Waals surface area (Å²) in [6.07, 6.45) is 0.547. The van der Waals surface area contributed by atoms with Crippen LogP contribution in [-0.4, -0.2) is 40.0 Å². The van der Waals surface area contributed by atoms with Gasteiger partial charge in [0.1, 0.15) is 5.76 Å². The van der Waals surface area contributed by atoms with Crippen molar-refractivity contribution >= 4 is 5.97 Å². The predicted molar refractivity (Wildman–Crippen MR) is 64.4 cm³/mol. The van der Waals surface area contributed by atoms with Crippen molar-refractivity contribution in [2.24, 2.45) is 0 Å². The molecule has 0 aromatic carbocycles. The maximum Gasteiger partial charge on any atom is 0.372 e. The molecule has 0 atom stereocenters. The van der Waals surface area contributed by atoms with Gasteiger partial charge < -0.3 is 25.1 Å². The number of aliphatic hydroxyl groups excluding tert-OH is 2. The highest BCUT2D eigenvalue weighted by molar-refractivity contribution is 5.86. The van der Waals surface area contributed by atoms with Crippen molar-refractivity contribution in [1.82, 2.24) is 5.32 Å². The molecule has 0 aliphatic carbocycles. The van der Waals surface area contributed by atoms with Gasteiger partial charge in [-0.05, 0) is 19.4 Å². The lowest BCUT2D eigenvalue weighted by atomic mass is 9.98. The van der Waals surface area contributed by atoms with Crippen molar-refractivity contribution < 1.29 is 24.5 Å². The minimum Gasteiger partial charge on any atom is -0.475 e.